The van der Waals surface area contributed by atoms with Gasteiger partial charge in [0.15, 0.2) is 23.5 Å². The molecule has 13 heteroatoms. The number of carbonyl (C=O) groups is 3. The summed E-state index contributed by atoms with van der Waals surface area (Å²) in [4.78, 5) is 68.0. The van der Waals surface area contributed by atoms with E-state index < -0.39 is 60.3 Å². The molecular formula is C36H29N3O9S. The third kappa shape index (κ3) is 8.03. The summed E-state index contributed by atoms with van der Waals surface area (Å²) >= 11 is 1.08. The van der Waals surface area contributed by atoms with Crippen molar-refractivity contribution >= 4 is 29.7 Å². The van der Waals surface area contributed by atoms with Gasteiger partial charge in [-0.1, -0.05) is 96.7 Å². The number of nitrogens with zero attached hydrogens (tertiary/aromatic N) is 2. The molecule has 0 amide bonds. The Labute approximate surface area is 283 Å². The van der Waals surface area contributed by atoms with Crippen LogP contribution in [0.4, 0.5) is 0 Å². The number of esters is 3. The van der Waals surface area contributed by atoms with E-state index in [-0.39, 0.29) is 21.7 Å². The van der Waals surface area contributed by atoms with Gasteiger partial charge in [-0.05, 0) is 42.0 Å². The van der Waals surface area contributed by atoms with Crippen LogP contribution >= 0.6 is 11.8 Å². The van der Waals surface area contributed by atoms with E-state index in [9.17, 15) is 24.0 Å². The third-order valence-electron chi connectivity index (χ3n) is 7.46. The second kappa shape index (κ2) is 15.4. The van der Waals surface area contributed by atoms with Gasteiger partial charge in [0.05, 0.1) is 16.7 Å². The van der Waals surface area contributed by atoms with Crippen molar-refractivity contribution in [1.29, 1.82) is 0 Å². The molecule has 0 unspecified atom stereocenters. The Kier molecular flexibility index (Phi) is 10.4. The molecule has 0 bridgehead atoms. The molecule has 4 aromatic carbocycles. The molecule has 49 heavy (non-hydrogen) atoms. The molecule has 1 aliphatic heterocycles. The largest absolute Gasteiger partial charge is 0.459 e. The molecule has 1 saturated heterocycles. The summed E-state index contributed by atoms with van der Waals surface area (Å²) in [7, 11) is 0. The number of rotatable bonds is 11. The van der Waals surface area contributed by atoms with Gasteiger partial charge >= 0.3 is 23.6 Å². The molecule has 0 saturated carbocycles. The van der Waals surface area contributed by atoms with Crippen LogP contribution in [-0.4, -0.2) is 57.6 Å². The summed E-state index contributed by atoms with van der Waals surface area (Å²) in [6.45, 7) is -0.454. The monoisotopic (exact) mass is 679 g/mol. The predicted molar refractivity (Wildman–Crippen MR) is 177 cm³/mol. The highest BCUT2D eigenvalue weighted by atomic mass is 32.2. The first-order valence-corrected chi connectivity index (χ1v) is 16.2. The molecule has 0 aliphatic carbocycles. The van der Waals surface area contributed by atoms with Gasteiger partial charge in [0.1, 0.15) is 12.7 Å². The number of carbonyl (C=O) groups excluding carboxylic acids is 3. The Morgan fingerprint density at radius 2 is 1.18 bits per heavy atom. The number of hydrogen-bond acceptors (Lipinski definition) is 11. The van der Waals surface area contributed by atoms with E-state index in [1.807, 2.05) is 30.3 Å². The summed E-state index contributed by atoms with van der Waals surface area (Å²) in [5, 5.41) is 4.25. The van der Waals surface area contributed by atoms with Crippen LogP contribution in [0, 0.1) is 0 Å². The molecule has 1 aromatic heterocycles. The maximum absolute atomic E-state index is 13.4. The molecule has 5 aromatic rings. The summed E-state index contributed by atoms with van der Waals surface area (Å²) in [5.41, 5.74) is -0.146. The lowest BCUT2D eigenvalue weighted by Gasteiger charge is -2.24. The Hall–Kier alpha value is -5.79. The molecule has 12 nitrogen and oxygen atoms in total. The number of aromatic nitrogens is 3. The van der Waals surface area contributed by atoms with E-state index in [0.29, 0.717) is 5.75 Å². The maximum atomic E-state index is 13.4. The van der Waals surface area contributed by atoms with Gasteiger partial charge in [-0.2, -0.15) is 9.78 Å². The fourth-order valence-electron chi connectivity index (χ4n) is 5.04. The first-order valence-electron chi connectivity index (χ1n) is 15.2. The predicted octanol–water partition coefficient (Wildman–Crippen LogP) is 4.43. The van der Waals surface area contributed by atoms with Crippen molar-refractivity contribution in [3.63, 3.8) is 0 Å². The average molecular weight is 680 g/mol. The Bertz CT molecular complexity index is 2020. The van der Waals surface area contributed by atoms with Crippen LogP contribution in [0.15, 0.2) is 136 Å². The van der Waals surface area contributed by atoms with E-state index >= 15 is 0 Å². The highest BCUT2D eigenvalue weighted by Crippen LogP contribution is 2.34. The van der Waals surface area contributed by atoms with Crippen molar-refractivity contribution in [2.75, 3.05) is 6.61 Å². The van der Waals surface area contributed by atoms with Gasteiger partial charge in [-0.25, -0.2) is 19.2 Å². The number of hydrogen-bond donors (Lipinski definition) is 1. The minimum Gasteiger partial charge on any atom is -0.459 e. The summed E-state index contributed by atoms with van der Waals surface area (Å²) in [5.74, 6) is -1.91. The van der Waals surface area contributed by atoms with Gasteiger partial charge in [-0.3, -0.25) is 9.78 Å². The molecule has 1 fully saturated rings. The average Bonchev–Trinajstić information content (AvgIpc) is 3.47. The molecule has 248 valence electrons. The third-order valence-corrected chi connectivity index (χ3v) is 8.48. The van der Waals surface area contributed by atoms with Crippen molar-refractivity contribution in [2.24, 2.45) is 0 Å². The van der Waals surface area contributed by atoms with E-state index in [0.717, 1.165) is 22.0 Å². The van der Waals surface area contributed by atoms with Gasteiger partial charge in [-0.15, -0.1) is 0 Å². The fraction of sp³-hybridized carbons (Fsp3) is 0.167. The Morgan fingerprint density at radius 3 is 1.73 bits per heavy atom. The highest BCUT2D eigenvalue weighted by molar-refractivity contribution is 7.98. The molecule has 4 atom stereocenters. The van der Waals surface area contributed by atoms with Crippen LogP contribution in [0.1, 0.15) is 42.9 Å². The molecule has 0 radical (unpaired) electrons. The molecule has 1 aliphatic rings. The first-order chi connectivity index (χ1) is 23.9. The van der Waals surface area contributed by atoms with Gasteiger partial charge < -0.3 is 18.9 Å². The molecule has 2 heterocycles. The number of nitrogens with one attached hydrogen (secondary N) is 1. The zero-order valence-corrected chi connectivity index (χ0v) is 26.6. The number of ether oxygens (including phenoxy) is 4. The quantitative estimate of drug-likeness (QED) is 0.120. The summed E-state index contributed by atoms with van der Waals surface area (Å²) in [6.07, 6.45) is -5.62. The molecule has 0 spiro atoms. The van der Waals surface area contributed by atoms with Crippen LogP contribution < -0.4 is 11.2 Å². The standard InChI is InChI=1S/C36H29N3O9S/c40-30-31(49-22-23-13-5-1-6-14-23)38-39(36(44)37-30)32-29(48-35(43)26-19-11-4-12-20-26)28(47-34(42)25-17-9-3-10-18-25)27(46-32)21-45-33(41)24-15-7-2-8-16-24/h1-20,27-29,32H,21-22H2,(H,37,40,44)/t27-,28-,29-,32-/m1/s1. The molecule has 6 rings (SSSR count). The van der Waals surface area contributed by atoms with E-state index in [2.05, 4.69) is 10.1 Å². The zero-order chi connectivity index (χ0) is 34.2. The highest BCUT2D eigenvalue weighted by Gasteiger charge is 2.52. The van der Waals surface area contributed by atoms with E-state index in [1.165, 1.54) is 24.3 Å². The van der Waals surface area contributed by atoms with Crippen molar-refractivity contribution in [2.45, 2.75) is 35.3 Å². The topological polar surface area (TPSA) is 156 Å². The lowest BCUT2D eigenvalue weighted by Crippen LogP contribution is -2.44. The SMILES string of the molecule is O=C(OC[C@H]1O[C@@H](n2nc(SCc3ccccc3)c(=O)[nH]c2=O)[C@H](OC(=O)c2ccccc2)[C@@H]1OC(=O)c1ccccc1)c1ccccc1. The summed E-state index contributed by atoms with van der Waals surface area (Å²) in [6, 6.07) is 33.7. The number of aromatic amines is 1. The Balaban J connectivity index is 1.37. The van der Waals surface area contributed by atoms with Gasteiger partial charge in [0, 0.05) is 5.75 Å². The van der Waals surface area contributed by atoms with Crippen molar-refractivity contribution in [3.05, 3.63) is 164 Å². The maximum Gasteiger partial charge on any atom is 0.347 e. The lowest BCUT2D eigenvalue weighted by molar-refractivity contribution is -0.0707. The smallest absolute Gasteiger partial charge is 0.347 e. The van der Waals surface area contributed by atoms with Crippen LogP contribution in [0.3, 0.4) is 0 Å². The minimum absolute atomic E-state index is 0.0584. The van der Waals surface area contributed by atoms with E-state index in [1.54, 1.807) is 66.7 Å². The second-order valence-corrected chi connectivity index (χ2v) is 11.7. The lowest BCUT2D eigenvalue weighted by atomic mass is 10.1. The number of thioether (sulfide) groups is 1. The van der Waals surface area contributed by atoms with Crippen LogP contribution in [0.2, 0.25) is 0 Å². The van der Waals surface area contributed by atoms with Crippen molar-refractivity contribution < 1.29 is 33.3 Å². The van der Waals surface area contributed by atoms with Gasteiger partial charge in [0.2, 0.25) is 0 Å². The van der Waals surface area contributed by atoms with Crippen molar-refractivity contribution in [3.8, 4) is 0 Å². The van der Waals surface area contributed by atoms with Crippen LogP contribution in [0.5, 0.6) is 0 Å². The van der Waals surface area contributed by atoms with Crippen LogP contribution in [0.25, 0.3) is 0 Å². The van der Waals surface area contributed by atoms with Gasteiger partial charge in [0.25, 0.3) is 5.56 Å². The molecular weight excluding hydrogens is 650 g/mol. The van der Waals surface area contributed by atoms with E-state index in [4.69, 9.17) is 18.9 Å². The van der Waals surface area contributed by atoms with Crippen LogP contribution in [-0.2, 0) is 24.7 Å². The fourth-order valence-corrected chi connectivity index (χ4v) is 5.87. The second-order valence-electron chi connectivity index (χ2n) is 10.8. The Morgan fingerprint density at radius 1 is 0.694 bits per heavy atom. The first kappa shape index (κ1) is 33.1. The zero-order valence-electron chi connectivity index (χ0n) is 25.7. The summed E-state index contributed by atoms with van der Waals surface area (Å²) < 4.78 is 24.4. The minimum atomic E-state index is -1.51. The number of benzene rings is 4. The normalized spacial score (nSPS) is 18.4. The molecule has 1 N–H and O–H groups in total. The number of H-pyrrole nitrogens is 1. The van der Waals surface area contributed by atoms with Crippen molar-refractivity contribution in [1.82, 2.24) is 14.8 Å².